The molecule has 4 fully saturated rings. The number of ether oxygens (including phenoxy) is 1. The topological polar surface area (TPSA) is 90.1 Å². The molecule has 9 atom stereocenters. The Labute approximate surface area is 185 Å². The van der Waals surface area contributed by atoms with E-state index in [1.807, 2.05) is 21.0 Å². The van der Waals surface area contributed by atoms with E-state index < -0.39 is 5.60 Å². The zero-order valence-corrected chi connectivity index (χ0v) is 19.5. The van der Waals surface area contributed by atoms with Crippen molar-refractivity contribution in [2.24, 2.45) is 40.9 Å². The lowest BCUT2D eigenvalue weighted by molar-refractivity contribution is -0.165. The van der Waals surface area contributed by atoms with Gasteiger partial charge in [-0.3, -0.25) is 4.79 Å². The predicted octanol–water partition coefficient (Wildman–Crippen LogP) is 3.20. The minimum absolute atomic E-state index is 0.0109. The molecule has 5 rings (SSSR count). The third-order valence-electron chi connectivity index (χ3n) is 10.00. The third kappa shape index (κ3) is 3.38. The van der Waals surface area contributed by atoms with Crippen LogP contribution in [-0.4, -0.2) is 49.9 Å². The van der Waals surface area contributed by atoms with Crippen LogP contribution in [0.3, 0.4) is 0 Å². The first-order chi connectivity index (χ1) is 14.7. The highest BCUT2D eigenvalue weighted by molar-refractivity contribution is 5.82. The standard InChI is InChI=1S/C24H38N4O3/c1-14-25-26-27-28(14)13-21(29)20-8-7-19-17-6-5-15-12-23(2,30)10-9-16(15)18(17)11-22(31-4)24(19,20)3/h15-20,22,30H,5-13H2,1-4H3/t15-,16+,17-,18-,19+,20-,22-,23-,24+/m1/s1. The maximum Gasteiger partial charge on any atom is 0.158 e. The summed E-state index contributed by atoms with van der Waals surface area (Å²) >= 11 is 0. The maximum atomic E-state index is 13.4. The number of fused-ring (bicyclic) bond motifs is 5. The molecule has 0 bridgehead atoms. The Morgan fingerprint density at radius 2 is 1.97 bits per heavy atom. The minimum Gasteiger partial charge on any atom is -0.390 e. The number of tetrazole rings is 1. The van der Waals surface area contributed by atoms with Gasteiger partial charge in [0.1, 0.15) is 12.4 Å². The maximum absolute atomic E-state index is 13.4. The predicted molar refractivity (Wildman–Crippen MR) is 115 cm³/mol. The van der Waals surface area contributed by atoms with E-state index in [0.29, 0.717) is 35.4 Å². The second kappa shape index (κ2) is 7.62. The van der Waals surface area contributed by atoms with Crippen molar-refractivity contribution >= 4 is 5.78 Å². The summed E-state index contributed by atoms with van der Waals surface area (Å²) < 4.78 is 7.80. The van der Waals surface area contributed by atoms with E-state index in [-0.39, 0.29) is 29.8 Å². The van der Waals surface area contributed by atoms with Crippen molar-refractivity contribution in [3.8, 4) is 0 Å². The van der Waals surface area contributed by atoms with Gasteiger partial charge in [-0.25, -0.2) is 4.68 Å². The molecule has 7 nitrogen and oxygen atoms in total. The van der Waals surface area contributed by atoms with Crippen molar-refractivity contribution < 1.29 is 14.6 Å². The molecule has 0 spiro atoms. The van der Waals surface area contributed by atoms with Crippen LogP contribution in [0.1, 0.15) is 71.0 Å². The molecule has 4 aliphatic carbocycles. The van der Waals surface area contributed by atoms with E-state index in [0.717, 1.165) is 38.5 Å². The highest BCUT2D eigenvalue weighted by Crippen LogP contribution is 2.65. The number of nitrogens with zero attached hydrogens (tertiary/aromatic N) is 4. The number of aliphatic hydroxyl groups is 1. The molecule has 0 saturated heterocycles. The van der Waals surface area contributed by atoms with E-state index in [1.54, 1.807) is 4.68 Å². The molecule has 0 amide bonds. The molecule has 0 radical (unpaired) electrons. The Balaban J connectivity index is 1.39. The summed E-state index contributed by atoms with van der Waals surface area (Å²) in [6.07, 6.45) is 8.73. The molecule has 1 N–H and O–H groups in total. The van der Waals surface area contributed by atoms with E-state index in [2.05, 4.69) is 22.4 Å². The number of methoxy groups -OCH3 is 1. The fourth-order valence-electron chi connectivity index (χ4n) is 8.58. The number of aromatic nitrogens is 4. The summed E-state index contributed by atoms with van der Waals surface area (Å²) in [6.45, 7) is 6.46. The van der Waals surface area contributed by atoms with Gasteiger partial charge in [-0.2, -0.15) is 0 Å². The van der Waals surface area contributed by atoms with Crippen molar-refractivity contribution in [1.29, 1.82) is 0 Å². The Morgan fingerprint density at radius 1 is 1.16 bits per heavy atom. The molecule has 1 aromatic rings. The number of rotatable bonds is 4. The van der Waals surface area contributed by atoms with Crippen LogP contribution in [0.5, 0.6) is 0 Å². The van der Waals surface area contributed by atoms with Gasteiger partial charge in [-0.05, 0) is 105 Å². The first-order valence-electron chi connectivity index (χ1n) is 12.2. The average molecular weight is 431 g/mol. The fraction of sp³-hybridized carbons (Fsp3) is 0.917. The van der Waals surface area contributed by atoms with Crippen LogP contribution in [0.4, 0.5) is 0 Å². The summed E-state index contributed by atoms with van der Waals surface area (Å²) in [5, 5.41) is 22.3. The molecule has 1 aromatic heterocycles. The molecule has 0 aromatic carbocycles. The summed E-state index contributed by atoms with van der Waals surface area (Å²) in [5.74, 6) is 4.21. The van der Waals surface area contributed by atoms with Gasteiger partial charge in [0.2, 0.25) is 0 Å². The number of Topliss-reactive ketones (excluding diaryl/α,β-unsaturated/α-hetero) is 1. The molecule has 1 heterocycles. The van der Waals surface area contributed by atoms with Crippen molar-refractivity contribution in [3.05, 3.63) is 5.82 Å². The first kappa shape index (κ1) is 21.5. The summed E-state index contributed by atoms with van der Waals surface area (Å²) in [4.78, 5) is 13.4. The van der Waals surface area contributed by atoms with Gasteiger partial charge in [0.05, 0.1) is 11.7 Å². The fourth-order valence-corrected chi connectivity index (χ4v) is 8.58. The third-order valence-corrected chi connectivity index (χ3v) is 10.00. The van der Waals surface area contributed by atoms with Gasteiger partial charge in [0, 0.05) is 18.4 Å². The van der Waals surface area contributed by atoms with E-state index in [1.165, 1.54) is 12.8 Å². The quantitative estimate of drug-likeness (QED) is 0.789. The molecule has 7 heteroatoms. The number of ketones is 1. The van der Waals surface area contributed by atoms with Crippen LogP contribution in [0.25, 0.3) is 0 Å². The summed E-state index contributed by atoms with van der Waals surface area (Å²) in [6, 6.07) is 0. The smallest absolute Gasteiger partial charge is 0.158 e. The monoisotopic (exact) mass is 430 g/mol. The molecule has 0 aliphatic heterocycles. The van der Waals surface area contributed by atoms with E-state index in [9.17, 15) is 9.90 Å². The second-order valence-electron chi connectivity index (χ2n) is 11.5. The number of aryl methyl sites for hydroxylation is 1. The normalized spacial score (nSPS) is 46.8. The average Bonchev–Trinajstić information content (AvgIpc) is 3.29. The van der Waals surface area contributed by atoms with Crippen LogP contribution < -0.4 is 0 Å². The van der Waals surface area contributed by atoms with Gasteiger partial charge < -0.3 is 9.84 Å². The van der Waals surface area contributed by atoms with Gasteiger partial charge in [0.15, 0.2) is 5.78 Å². The van der Waals surface area contributed by atoms with Crippen molar-refractivity contribution in [2.75, 3.05) is 7.11 Å². The van der Waals surface area contributed by atoms with Crippen LogP contribution in [0.2, 0.25) is 0 Å². The SMILES string of the molecule is CO[C@@H]1C[C@H]2[C@@H](CC[C@@H]3C[C@](C)(O)CC[C@@H]32)[C@@H]2CC[C@H](C(=O)Cn3nnnc3C)[C@@]12C. The minimum atomic E-state index is -0.489. The lowest BCUT2D eigenvalue weighted by Crippen LogP contribution is -2.57. The van der Waals surface area contributed by atoms with Crippen molar-refractivity contribution in [2.45, 2.75) is 90.4 Å². The lowest BCUT2D eigenvalue weighted by Gasteiger charge is -2.59. The number of carbonyl (C=O) groups is 1. The summed E-state index contributed by atoms with van der Waals surface area (Å²) in [5.41, 5.74) is -0.598. The largest absolute Gasteiger partial charge is 0.390 e. The van der Waals surface area contributed by atoms with Gasteiger partial charge in [-0.1, -0.05) is 6.92 Å². The number of hydrogen-bond donors (Lipinski definition) is 1. The van der Waals surface area contributed by atoms with E-state index in [4.69, 9.17) is 4.74 Å². The van der Waals surface area contributed by atoms with Crippen LogP contribution in [-0.2, 0) is 16.1 Å². The Morgan fingerprint density at radius 3 is 2.68 bits per heavy atom. The van der Waals surface area contributed by atoms with Gasteiger partial charge in [0.25, 0.3) is 0 Å². The first-order valence-corrected chi connectivity index (χ1v) is 12.2. The highest BCUT2D eigenvalue weighted by atomic mass is 16.5. The molecule has 4 aliphatic rings. The van der Waals surface area contributed by atoms with Gasteiger partial charge in [-0.15, -0.1) is 5.10 Å². The molecule has 0 unspecified atom stereocenters. The number of carbonyl (C=O) groups excluding carboxylic acids is 1. The van der Waals surface area contributed by atoms with Crippen molar-refractivity contribution in [1.82, 2.24) is 20.2 Å². The van der Waals surface area contributed by atoms with E-state index >= 15 is 0 Å². The lowest BCUT2D eigenvalue weighted by atomic mass is 9.48. The molecular formula is C24H38N4O3. The molecule has 172 valence electrons. The highest BCUT2D eigenvalue weighted by Gasteiger charge is 2.62. The van der Waals surface area contributed by atoms with Crippen molar-refractivity contribution in [3.63, 3.8) is 0 Å². The Bertz CT molecular complexity index is 839. The zero-order chi connectivity index (χ0) is 22.0. The summed E-state index contributed by atoms with van der Waals surface area (Å²) in [7, 11) is 1.84. The molecule has 31 heavy (non-hydrogen) atoms. The Hall–Kier alpha value is -1.34. The van der Waals surface area contributed by atoms with Gasteiger partial charge >= 0.3 is 0 Å². The van der Waals surface area contributed by atoms with Crippen LogP contribution in [0, 0.1) is 47.8 Å². The Kier molecular flexibility index (Phi) is 5.28. The molecular weight excluding hydrogens is 392 g/mol. The van der Waals surface area contributed by atoms with Crippen LogP contribution in [0.15, 0.2) is 0 Å². The van der Waals surface area contributed by atoms with Crippen LogP contribution >= 0.6 is 0 Å². The molecule has 4 saturated carbocycles. The zero-order valence-electron chi connectivity index (χ0n) is 19.5. The number of hydrogen-bond acceptors (Lipinski definition) is 6. The second-order valence-corrected chi connectivity index (χ2v) is 11.5.